The molecule has 0 radical (unpaired) electrons. The highest BCUT2D eigenvalue weighted by atomic mass is 31.2. The average molecular weight is 871 g/mol. The molecule has 0 bridgehead atoms. The van der Waals surface area contributed by atoms with Gasteiger partial charge in [-0.1, -0.05) is 186 Å². The number of hydrogen-bond acceptors (Lipinski definition) is 7. The molecule has 0 rings (SSSR count). The van der Waals surface area contributed by atoms with E-state index >= 15 is 0 Å². The lowest BCUT2D eigenvalue weighted by Gasteiger charge is -2.24. The Morgan fingerprint density at radius 1 is 0.500 bits per heavy atom. The van der Waals surface area contributed by atoms with E-state index in [1.165, 1.54) is 148 Å². The first-order valence-corrected chi connectivity index (χ1v) is 26.6. The minimum atomic E-state index is -4.38. The Kier molecular flexibility index (Phi) is 41.7. The van der Waals surface area contributed by atoms with Crippen LogP contribution in [-0.2, 0) is 32.7 Å². The summed E-state index contributed by atoms with van der Waals surface area (Å²) in [6.07, 6.45) is 48.2. The normalized spacial score (nSPS) is 13.6. The Labute approximate surface area is 370 Å². The lowest BCUT2D eigenvalue weighted by Crippen LogP contribution is -2.37. The lowest BCUT2D eigenvalue weighted by atomic mass is 10.0. The smallest absolute Gasteiger partial charge is 0.462 e. The number of carbonyl (C=O) groups is 2. The molecule has 10 heteroatoms. The van der Waals surface area contributed by atoms with Crippen LogP contribution in [0.4, 0.5) is 0 Å². The summed E-state index contributed by atoms with van der Waals surface area (Å²) in [4.78, 5) is 35.4. The monoisotopic (exact) mass is 871 g/mol. The van der Waals surface area contributed by atoms with Gasteiger partial charge < -0.3 is 18.9 Å². The van der Waals surface area contributed by atoms with Crippen molar-refractivity contribution in [2.75, 3.05) is 47.5 Å². The van der Waals surface area contributed by atoms with E-state index in [4.69, 9.17) is 18.5 Å². The SMILES string of the molecule is CCCCCC/C=C/CCCCCCCC(=O)O[C@@H](COC(=O)CCC/C=C/CCCCCCCCCCCCCCCCCCCC)COP(=O)(O)OCC[N+](C)(C)C. The molecule has 0 aromatic rings. The zero-order valence-electron chi connectivity index (χ0n) is 40.0. The molecule has 1 unspecified atom stereocenters. The van der Waals surface area contributed by atoms with Crippen LogP contribution >= 0.6 is 7.82 Å². The summed E-state index contributed by atoms with van der Waals surface area (Å²) >= 11 is 0. The fourth-order valence-corrected chi connectivity index (χ4v) is 7.76. The third kappa shape index (κ3) is 46.0. The van der Waals surface area contributed by atoms with Crippen LogP contribution in [0.25, 0.3) is 0 Å². The Morgan fingerprint density at radius 2 is 0.867 bits per heavy atom. The number of esters is 2. The topological polar surface area (TPSA) is 108 Å². The molecule has 0 aliphatic carbocycles. The van der Waals surface area contributed by atoms with Gasteiger partial charge in [-0.15, -0.1) is 0 Å². The molecule has 0 amide bonds. The number of allylic oxidation sites excluding steroid dienone is 4. The fourth-order valence-electron chi connectivity index (χ4n) is 7.01. The average Bonchev–Trinajstić information content (AvgIpc) is 3.20. The van der Waals surface area contributed by atoms with Crippen molar-refractivity contribution >= 4 is 19.8 Å². The molecule has 0 aliphatic rings. The van der Waals surface area contributed by atoms with Crippen molar-refractivity contribution in [1.29, 1.82) is 0 Å². The molecule has 0 fully saturated rings. The van der Waals surface area contributed by atoms with Gasteiger partial charge in [0.1, 0.15) is 19.8 Å². The van der Waals surface area contributed by atoms with Crippen molar-refractivity contribution < 1.29 is 42.1 Å². The molecular weight excluding hydrogens is 774 g/mol. The first kappa shape index (κ1) is 58.5. The van der Waals surface area contributed by atoms with Gasteiger partial charge in [0.05, 0.1) is 27.7 Å². The van der Waals surface area contributed by atoms with Crippen molar-refractivity contribution in [2.45, 2.75) is 238 Å². The molecule has 354 valence electrons. The molecule has 0 saturated carbocycles. The van der Waals surface area contributed by atoms with Crippen molar-refractivity contribution in [3.05, 3.63) is 24.3 Å². The molecule has 0 aliphatic heterocycles. The number of hydrogen-bond donors (Lipinski definition) is 1. The van der Waals surface area contributed by atoms with Crippen LogP contribution in [0.15, 0.2) is 24.3 Å². The first-order chi connectivity index (χ1) is 29.0. The van der Waals surface area contributed by atoms with Crippen LogP contribution in [0.3, 0.4) is 0 Å². The number of likely N-dealkylation sites (N-methyl/N-ethyl adjacent to an activating group) is 1. The predicted octanol–water partition coefficient (Wildman–Crippen LogP) is 14.7. The van der Waals surface area contributed by atoms with E-state index in [-0.39, 0.29) is 26.1 Å². The maximum absolute atomic E-state index is 12.7. The Balaban J connectivity index is 4.21. The van der Waals surface area contributed by atoms with Crippen molar-refractivity contribution in [2.24, 2.45) is 0 Å². The van der Waals surface area contributed by atoms with Gasteiger partial charge in [0, 0.05) is 12.8 Å². The number of quaternary nitrogens is 1. The Morgan fingerprint density at radius 3 is 1.30 bits per heavy atom. The maximum atomic E-state index is 12.7. The lowest BCUT2D eigenvalue weighted by molar-refractivity contribution is -0.870. The van der Waals surface area contributed by atoms with Gasteiger partial charge in [0.15, 0.2) is 6.10 Å². The molecule has 0 spiro atoms. The van der Waals surface area contributed by atoms with Gasteiger partial charge in [0.25, 0.3) is 0 Å². The van der Waals surface area contributed by atoms with E-state index in [2.05, 4.69) is 38.2 Å². The maximum Gasteiger partial charge on any atom is 0.472 e. The van der Waals surface area contributed by atoms with E-state index in [0.29, 0.717) is 23.9 Å². The number of unbranched alkanes of at least 4 members (excludes halogenated alkanes) is 28. The van der Waals surface area contributed by atoms with Gasteiger partial charge in [-0.2, -0.15) is 0 Å². The molecule has 0 aromatic carbocycles. The van der Waals surface area contributed by atoms with Gasteiger partial charge in [-0.3, -0.25) is 18.6 Å². The molecule has 2 atom stereocenters. The zero-order valence-corrected chi connectivity index (χ0v) is 40.9. The Hall–Kier alpha value is -1.51. The largest absolute Gasteiger partial charge is 0.472 e. The summed E-state index contributed by atoms with van der Waals surface area (Å²) < 4.78 is 34.3. The molecule has 9 nitrogen and oxygen atoms in total. The number of carbonyl (C=O) groups excluding carboxylic acids is 2. The van der Waals surface area contributed by atoms with E-state index in [9.17, 15) is 19.0 Å². The van der Waals surface area contributed by atoms with E-state index in [1.54, 1.807) is 0 Å². The van der Waals surface area contributed by atoms with Crippen LogP contribution < -0.4 is 0 Å². The molecule has 0 aromatic heterocycles. The van der Waals surface area contributed by atoms with Crippen LogP contribution in [-0.4, -0.2) is 74.9 Å². The van der Waals surface area contributed by atoms with Gasteiger partial charge in [0.2, 0.25) is 0 Å². The quantitative estimate of drug-likeness (QED) is 0.0212. The molecule has 60 heavy (non-hydrogen) atoms. The van der Waals surface area contributed by atoms with Gasteiger partial charge in [-0.05, 0) is 57.8 Å². The number of phosphoric ester groups is 1. The number of phosphoric acid groups is 1. The summed E-state index contributed by atoms with van der Waals surface area (Å²) in [6, 6.07) is 0. The highest BCUT2D eigenvalue weighted by molar-refractivity contribution is 7.47. The number of ether oxygens (including phenoxy) is 2. The third-order valence-corrected chi connectivity index (χ3v) is 11.9. The van der Waals surface area contributed by atoms with Crippen molar-refractivity contribution in [3.8, 4) is 0 Å². The standard InChI is InChI=1S/C50H96NO8P/c1-6-8-10-12-14-16-18-20-21-22-23-24-25-26-27-28-29-31-32-34-36-38-40-42-49(52)56-46-48(47-58-60(54,55)57-45-44-51(3,4)5)59-50(53)43-41-39-37-35-33-30-19-17-15-13-11-9-7-2/h17,19,34,36,48H,6-16,18,20-33,35,37-47H2,1-5H3/p+1/b19-17+,36-34+/t48-/m0/s1. The van der Waals surface area contributed by atoms with Crippen LogP contribution in [0, 0.1) is 0 Å². The summed E-state index contributed by atoms with van der Waals surface area (Å²) in [7, 11) is 1.47. The summed E-state index contributed by atoms with van der Waals surface area (Å²) in [5.41, 5.74) is 0. The molecule has 1 N–H and O–H groups in total. The zero-order chi connectivity index (χ0) is 44.3. The Bertz CT molecular complexity index is 1070. The highest BCUT2D eigenvalue weighted by Gasteiger charge is 2.27. The second kappa shape index (κ2) is 42.8. The number of rotatable bonds is 46. The van der Waals surface area contributed by atoms with Crippen molar-refractivity contribution in [1.82, 2.24) is 0 Å². The van der Waals surface area contributed by atoms with Gasteiger partial charge >= 0.3 is 19.8 Å². The fraction of sp³-hybridized carbons (Fsp3) is 0.880. The van der Waals surface area contributed by atoms with E-state index in [0.717, 1.165) is 44.9 Å². The van der Waals surface area contributed by atoms with E-state index < -0.39 is 32.5 Å². The highest BCUT2D eigenvalue weighted by Crippen LogP contribution is 2.43. The second-order valence-electron chi connectivity index (χ2n) is 18.2. The first-order valence-electron chi connectivity index (χ1n) is 25.1. The van der Waals surface area contributed by atoms with E-state index in [1.807, 2.05) is 21.1 Å². The van der Waals surface area contributed by atoms with Crippen LogP contribution in [0.2, 0.25) is 0 Å². The molecule has 0 heterocycles. The minimum Gasteiger partial charge on any atom is -0.462 e. The van der Waals surface area contributed by atoms with Crippen molar-refractivity contribution in [3.63, 3.8) is 0 Å². The number of nitrogens with zero attached hydrogens (tertiary/aromatic N) is 1. The van der Waals surface area contributed by atoms with Crippen LogP contribution in [0.5, 0.6) is 0 Å². The van der Waals surface area contributed by atoms with Gasteiger partial charge in [-0.25, -0.2) is 4.57 Å². The predicted molar refractivity (Wildman–Crippen MR) is 252 cm³/mol. The van der Waals surface area contributed by atoms with Crippen LogP contribution in [0.1, 0.15) is 232 Å². The summed E-state index contributed by atoms with van der Waals surface area (Å²) in [5, 5.41) is 0. The minimum absolute atomic E-state index is 0.0278. The molecule has 0 saturated heterocycles. The second-order valence-corrected chi connectivity index (χ2v) is 19.6. The summed E-state index contributed by atoms with van der Waals surface area (Å²) in [6.45, 7) is 4.40. The summed E-state index contributed by atoms with van der Waals surface area (Å²) in [5.74, 6) is -0.838. The molecular formula is C50H97NO8P+. The third-order valence-electron chi connectivity index (χ3n) is 11.0.